The topological polar surface area (TPSA) is 141 Å². The highest BCUT2D eigenvalue weighted by atomic mass is 32.1. The van der Waals surface area contributed by atoms with E-state index in [1.165, 1.54) is 17.5 Å². The number of amidine groups is 1. The number of hydrogen-bond acceptors (Lipinski definition) is 9. The van der Waals surface area contributed by atoms with Crippen molar-refractivity contribution in [1.29, 1.82) is 10.7 Å². The van der Waals surface area contributed by atoms with E-state index < -0.39 is 5.41 Å². The van der Waals surface area contributed by atoms with Crippen LogP contribution < -0.4 is 15.8 Å². The predicted molar refractivity (Wildman–Crippen MR) is 126 cm³/mol. The summed E-state index contributed by atoms with van der Waals surface area (Å²) in [4.78, 5) is 25.1. The lowest BCUT2D eigenvalue weighted by atomic mass is 9.72. The summed E-state index contributed by atoms with van der Waals surface area (Å²) in [6.45, 7) is 4.85. The molecule has 0 bridgehead atoms. The van der Waals surface area contributed by atoms with Crippen molar-refractivity contribution in [2.24, 2.45) is 0 Å². The van der Waals surface area contributed by atoms with E-state index in [0.717, 1.165) is 37.1 Å². The standard InChI is InChI=1S/C23H29N7O2S/c1-13(16-6-5-11-30(16)3)32-22-27-10-8-15(28-22)19(25)29-21(31)23(2)9-4-7-17-18(23)14(12-24)20(26)33-17/h8,10,13,16H,4-7,9,11,26H2,1-3H3,(H2,25,29,31)/t13-,16-,23-/m0/s1. The van der Waals surface area contributed by atoms with E-state index in [1.54, 1.807) is 6.07 Å². The van der Waals surface area contributed by atoms with Gasteiger partial charge < -0.3 is 15.8 Å². The van der Waals surface area contributed by atoms with E-state index in [2.05, 4.69) is 33.3 Å². The number of aryl methyl sites for hydroxylation is 1. The number of carbonyl (C=O) groups is 1. The number of nitrogens with zero attached hydrogens (tertiary/aromatic N) is 4. The molecule has 0 unspecified atom stereocenters. The molecule has 3 heterocycles. The van der Waals surface area contributed by atoms with Crippen LogP contribution in [0.2, 0.25) is 0 Å². The minimum absolute atomic E-state index is 0.0930. The van der Waals surface area contributed by atoms with Gasteiger partial charge in [0, 0.05) is 22.7 Å². The predicted octanol–water partition coefficient (Wildman–Crippen LogP) is 2.59. The lowest BCUT2D eigenvalue weighted by Crippen LogP contribution is -2.47. The van der Waals surface area contributed by atoms with Crippen LogP contribution in [0.3, 0.4) is 0 Å². The molecule has 2 aliphatic rings. The highest BCUT2D eigenvalue weighted by Crippen LogP contribution is 2.45. The number of ether oxygens (including phenoxy) is 1. The number of likely N-dealkylation sites (N-methyl/N-ethyl adjacent to an activating group) is 1. The number of amides is 1. The number of hydrogen-bond donors (Lipinski definition) is 3. The molecule has 0 radical (unpaired) electrons. The fourth-order valence-corrected chi connectivity index (χ4v) is 6.14. The van der Waals surface area contributed by atoms with Crippen LogP contribution in [-0.2, 0) is 16.6 Å². The van der Waals surface area contributed by atoms with Gasteiger partial charge in [-0.05, 0) is 65.6 Å². The lowest BCUT2D eigenvalue weighted by Gasteiger charge is -2.33. The minimum atomic E-state index is -0.938. The Morgan fingerprint density at radius 3 is 3.00 bits per heavy atom. The maximum atomic E-state index is 13.3. The second kappa shape index (κ2) is 9.08. The number of nitriles is 1. The third-order valence-corrected chi connectivity index (χ3v) is 7.87. The van der Waals surface area contributed by atoms with E-state index in [0.29, 0.717) is 28.6 Å². The molecule has 0 saturated carbocycles. The van der Waals surface area contributed by atoms with Crippen LogP contribution in [0.4, 0.5) is 5.00 Å². The fraction of sp³-hybridized carbons (Fsp3) is 0.522. The summed E-state index contributed by atoms with van der Waals surface area (Å²) in [6, 6.07) is 4.21. The molecule has 1 fully saturated rings. The fourth-order valence-electron chi connectivity index (χ4n) is 4.95. The van der Waals surface area contributed by atoms with E-state index >= 15 is 0 Å². The van der Waals surface area contributed by atoms with Gasteiger partial charge >= 0.3 is 6.01 Å². The number of anilines is 1. The van der Waals surface area contributed by atoms with Gasteiger partial charge in [0.25, 0.3) is 0 Å². The van der Waals surface area contributed by atoms with Crippen LogP contribution in [0.1, 0.15) is 61.2 Å². The number of thiophene rings is 1. The monoisotopic (exact) mass is 467 g/mol. The van der Waals surface area contributed by atoms with Crippen LogP contribution in [0, 0.1) is 16.7 Å². The summed E-state index contributed by atoms with van der Waals surface area (Å²) in [5.74, 6) is -0.474. The van der Waals surface area contributed by atoms with E-state index in [1.807, 2.05) is 13.8 Å². The molecule has 0 spiro atoms. The van der Waals surface area contributed by atoms with Gasteiger partial charge in [0.1, 0.15) is 22.9 Å². The third kappa shape index (κ3) is 4.30. The van der Waals surface area contributed by atoms with Gasteiger partial charge in [0.2, 0.25) is 5.91 Å². The maximum Gasteiger partial charge on any atom is 0.317 e. The maximum absolute atomic E-state index is 13.3. The van der Waals surface area contributed by atoms with Crippen molar-refractivity contribution in [2.75, 3.05) is 19.3 Å². The van der Waals surface area contributed by atoms with Gasteiger partial charge in [-0.15, -0.1) is 11.3 Å². The summed E-state index contributed by atoms with van der Waals surface area (Å²) >= 11 is 1.38. The van der Waals surface area contributed by atoms with Crippen molar-refractivity contribution in [2.45, 2.75) is 63.5 Å². The summed E-state index contributed by atoms with van der Waals surface area (Å²) in [5, 5.41) is 21.2. The zero-order valence-electron chi connectivity index (χ0n) is 19.1. The molecule has 1 aliphatic carbocycles. The van der Waals surface area contributed by atoms with Crippen LogP contribution in [-0.4, -0.2) is 52.3 Å². The van der Waals surface area contributed by atoms with Crippen LogP contribution in [0.25, 0.3) is 0 Å². The number of rotatable bonds is 5. The summed E-state index contributed by atoms with van der Waals surface area (Å²) in [7, 11) is 2.08. The number of carbonyl (C=O) groups excluding carboxylic acids is 1. The summed E-state index contributed by atoms with van der Waals surface area (Å²) in [5.41, 5.74) is 6.45. The molecule has 9 nitrogen and oxygen atoms in total. The van der Waals surface area contributed by atoms with Gasteiger partial charge in [-0.1, -0.05) is 0 Å². The molecule has 2 aromatic heterocycles. The third-order valence-electron chi connectivity index (χ3n) is 6.79. The number of nitrogen functional groups attached to an aromatic ring is 1. The minimum Gasteiger partial charge on any atom is -0.459 e. The van der Waals surface area contributed by atoms with Crippen LogP contribution in [0.5, 0.6) is 6.01 Å². The Hall–Kier alpha value is -3.03. The summed E-state index contributed by atoms with van der Waals surface area (Å²) in [6.07, 6.45) is 5.81. The van der Waals surface area contributed by atoms with Gasteiger partial charge in [0.05, 0.1) is 11.0 Å². The first-order valence-electron chi connectivity index (χ1n) is 11.2. The second-order valence-electron chi connectivity index (χ2n) is 9.00. The number of nitrogens with two attached hydrogens (primary N) is 1. The highest BCUT2D eigenvalue weighted by molar-refractivity contribution is 7.16. The second-order valence-corrected chi connectivity index (χ2v) is 10.1. The molecule has 3 atom stereocenters. The Morgan fingerprint density at radius 2 is 2.30 bits per heavy atom. The normalized spacial score (nSPS) is 23.4. The quantitative estimate of drug-likeness (QED) is 0.453. The van der Waals surface area contributed by atoms with Crippen molar-refractivity contribution in [3.8, 4) is 12.1 Å². The summed E-state index contributed by atoms with van der Waals surface area (Å²) < 4.78 is 5.96. The number of nitrogens with one attached hydrogen (secondary N) is 2. The van der Waals surface area contributed by atoms with Gasteiger partial charge in [-0.2, -0.15) is 10.2 Å². The molecule has 4 rings (SSSR count). The van der Waals surface area contributed by atoms with E-state index in [4.69, 9.17) is 15.9 Å². The van der Waals surface area contributed by atoms with Gasteiger partial charge in [-0.3, -0.25) is 15.1 Å². The van der Waals surface area contributed by atoms with Crippen molar-refractivity contribution < 1.29 is 9.53 Å². The average molecular weight is 468 g/mol. The molecule has 1 saturated heterocycles. The molecule has 4 N–H and O–H groups in total. The Kier molecular flexibility index (Phi) is 6.36. The molecular weight excluding hydrogens is 438 g/mol. The lowest BCUT2D eigenvalue weighted by molar-refractivity contribution is -0.125. The van der Waals surface area contributed by atoms with Crippen LogP contribution in [0.15, 0.2) is 12.3 Å². The van der Waals surface area contributed by atoms with Crippen molar-refractivity contribution in [3.63, 3.8) is 0 Å². The number of likely N-dealkylation sites (tertiary alicyclic amines) is 1. The van der Waals surface area contributed by atoms with Crippen molar-refractivity contribution in [1.82, 2.24) is 20.2 Å². The Balaban J connectivity index is 1.50. The molecular formula is C23H29N7O2S. The smallest absolute Gasteiger partial charge is 0.317 e. The van der Waals surface area contributed by atoms with E-state index in [-0.39, 0.29) is 29.6 Å². The SMILES string of the molecule is C[C@H](Oc1nccc(C(=N)NC(=O)[C@@]2(C)CCCc3sc(N)c(C#N)c32)n1)[C@@H]1CCCN1C. The molecule has 174 valence electrons. The highest BCUT2D eigenvalue weighted by Gasteiger charge is 2.43. The first-order valence-corrected chi connectivity index (χ1v) is 12.0. The zero-order valence-corrected chi connectivity index (χ0v) is 20.0. The van der Waals surface area contributed by atoms with Gasteiger partial charge in [-0.25, -0.2) is 4.98 Å². The van der Waals surface area contributed by atoms with E-state index in [9.17, 15) is 10.1 Å². The Labute approximate surface area is 197 Å². The van der Waals surface area contributed by atoms with Crippen molar-refractivity contribution in [3.05, 3.63) is 34.0 Å². The molecule has 33 heavy (non-hydrogen) atoms. The Bertz CT molecular complexity index is 1120. The largest absolute Gasteiger partial charge is 0.459 e. The molecule has 2 aromatic rings. The average Bonchev–Trinajstić information content (AvgIpc) is 3.36. The first kappa shape index (κ1) is 23.1. The van der Waals surface area contributed by atoms with Gasteiger partial charge in [0.15, 0.2) is 5.84 Å². The molecule has 10 heteroatoms. The zero-order chi connectivity index (χ0) is 23.8. The Morgan fingerprint density at radius 1 is 1.52 bits per heavy atom. The number of aromatic nitrogens is 2. The molecule has 1 aliphatic heterocycles. The van der Waals surface area contributed by atoms with Crippen LogP contribution >= 0.6 is 11.3 Å². The first-order chi connectivity index (χ1) is 15.7. The molecule has 0 aromatic carbocycles. The van der Waals surface area contributed by atoms with Crippen molar-refractivity contribution >= 4 is 28.1 Å². The molecule has 1 amide bonds. The number of fused-ring (bicyclic) bond motifs is 1.